The molecule has 0 aromatic heterocycles. The SMILES string of the molecule is CN(Cc1ccc(Br)cc1Cl)c1ccc(Br)cc1N. The number of rotatable bonds is 3. The van der Waals surface area contributed by atoms with Crippen molar-refractivity contribution in [1.29, 1.82) is 0 Å². The van der Waals surface area contributed by atoms with Gasteiger partial charge < -0.3 is 10.6 Å². The molecule has 0 saturated carbocycles. The molecule has 0 atom stereocenters. The summed E-state index contributed by atoms with van der Waals surface area (Å²) in [4.78, 5) is 2.08. The molecule has 0 aliphatic carbocycles. The van der Waals surface area contributed by atoms with Gasteiger partial charge in [0.25, 0.3) is 0 Å². The second-order valence-corrected chi connectivity index (χ2v) is 6.53. The molecule has 2 N–H and O–H groups in total. The normalized spacial score (nSPS) is 10.5. The Morgan fingerprint density at radius 2 is 1.74 bits per heavy atom. The predicted octanol–water partition coefficient (Wildman–Crippen LogP) is 5.08. The van der Waals surface area contributed by atoms with E-state index >= 15 is 0 Å². The summed E-state index contributed by atoms with van der Waals surface area (Å²) in [5, 5.41) is 0.747. The molecule has 0 aliphatic heterocycles. The third-order valence-corrected chi connectivity index (χ3v) is 4.16. The van der Waals surface area contributed by atoms with E-state index in [0.717, 1.165) is 30.9 Å². The maximum absolute atomic E-state index is 6.23. The molecular weight excluding hydrogens is 391 g/mol. The summed E-state index contributed by atoms with van der Waals surface area (Å²) in [6, 6.07) is 11.8. The lowest BCUT2D eigenvalue weighted by Crippen LogP contribution is -2.18. The molecule has 19 heavy (non-hydrogen) atoms. The van der Waals surface area contributed by atoms with Gasteiger partial charge in [0, 0.05) is 27.6 Å². The van der Waals surface area contributed by atoms with Gasteiger partial charge in [-0.3, -0.25) is 0 Å². The fourth-order valence-corrected chi connectivity index (χ4v) is 2.98. The molecule has 0 saturated heterocycles. The summed E-state index contributed by atoms with van der Waals surface area (Å²) < 4.78 is 1.95. The van der Waals surface area contributed by atoms with Crippen LogP contribution in [0.3, 0.4) is 0 Å². The predicted molar refractivity (Wildman–Crippen MR) is 89.8 cm³/mol. The number of nitrogens with two attached hydrogens (primary N) is 1. The van der Waals surface area contributed by atoms with Crippen LogP contribution in [0.15, 0.2) is 45.3 Å². The lowest BCUT2D eigenvalue weighted by molar-refractivity contribution is 0.924. The van der Waals surface area contributed by atoms with E-state index in [9.17, 15) is 0 Å². The molecule has 0 spiro atoms. The Kier molecular flexibility index (Phi) is 4.76. The van der Waals surface area contributed by atoms with Crippen molar-refractivity contribution in [2.24, 2.45) is 0 Å². The van der Waals surface area contributed by atoms with E-state index in [4.69, 9.17) is 17.3 Å². The van der Waals surface area contributed by atoms with Crippen LogP contribution < -0.4 is 10.6 Å². The van der Waals surface area contributed by atoms with E-state index in [1.165, 1.54) is 0 Å². The molecule has 0 radical (unpaired) electrons. The lowest BCUT2D eigenvalue weighted by atomic mass is 10.2. The minimum absolute atomic E-state index is 0.706. The molecule has 5 heteroatoms. The average molecular weight is 405 g/mol. The minimum Gasteiger partial charge on any atom is -0.397 e. The van der Waals surface area contributed by atoms with Crippen LogP contribution in [0.5, 0.6) is 0 Å². The highest BCUT2D eigenvalue weighted by Gasteiger charge is 2.09. The van der Waals surface area contributed by atoms with Crippen LogP contribution >= 0.6 is 43.5 Å². The summed E-state index contributed by atoms with van der Waals surface area (Å²) in [6.45, 7) is 0.706. The Balaban J connectivity index is 2.23. The van der Waals surface area contributed by atoms with Crippen LogP contribution in [-0.2, 0) is 6.54 Å². The van der Waals surface area contributed by atoms with E-state index < -0.39 is 0 Å². The van der Waals surface area contributed by atoms with Crippen molar-refractivity contribution in [2.75, 3.05) is 17.7 Å². The number of hydrogen-bond acceptors (Lipinski definition) is 2. The number of benzene rings is 2. The Hall–Kier alpha value is -0.710. The highest BCUT2D eigenvalue weighted by molar-refractivity contribution is 9.10. The zero-order chi connectivity index (χ0) is 14.0. The van der Waals surface area contributed by atoms with Crippen molar-refractivity contribution < 1.29 is 0 Å². The van der Waals surface area contributed by atoms with Crippen molar-refractivity contribution >= 4 is 54.8 Å². The molecule has 2 nitrogen and oxygen atoms in total. The first kappa shape index (κ1) is 14.7. The molecule has 0 heterocycles. The third-order valence-electron chi connectivity index (χ3n) is 2.82. The maximum atomic E-state index is 6.23. The number of nitrogen functional groups attached to an aromatic ring is 1. The van der Waals surface area contributed by atoms with Crippen LogP contribution in [0.25, 0.3) is 0 Å². The molecule has 0 amide bonds. The average Bonchev–Trinajstić information content (AvgIpc) is 2.32. The van der Waals surface area contributed by atoms with Crippen molar-refractivity contribution in [2.45, 2.75) is 6.54 Å². The first-order valence-electron chi connectivity index (χ1n) is 5.67. The van der Waals surface area contributed by atoms with E-state index in [0.29, 0.717) is 6.54 Å². The van der Waals surface area contributed by atoms with Gasteiger partial charge in [0.2, 0.25) is 0 Å². The Labute approximate surface area is 134 Å². The topological polar surface area (TPSA) is 29.3 Å². The van der Waals surface area contributed by atoms with Gasteiger partial charge in [0.05, 0.1) is 11.4 Å². The fourth-order valence-electron chi connectivity index (χ4n) is 1.86. The van der Waals surface area contributed by atoms with Gasteiger partial charge in [0.1, 0.15) is 0 Å². The van der Waals surface area contributed by atoms with Crippen LogP contribution in [-0.4, -0.2) is 7.05 Å². The molecule has 2 aromatic rings. The molecule has 100 valence electrons. The molecule has 0 fully saturated rings. The van der Waals surface area contributed by atoms with Gasteiger partial charge in [-0.25, -0.2) is 0 Å². The summed E-state index contributed by atoms with van der Waals surface area (Å²) in [6.07, 6.45) is 0. The molecule has 2 aromatic carbocycles. The fraction of sp³-hybridized carbons (Fsp3) is 0.143. The molecule has 0 aliphatic rings. The highest BCUT2D eigenvalue weighted by Crippen LogP contribution is 2.29. The summed E-state index contributed by atoms with van der Waals surface area (Å²) >= 11 is 13.0. The van der Waals surface area contributed by atoms with Crippen molar-refractivity contribution in [3.05, 3.63) is 55.9 Å². The van der Waals surface area contributed by atoms with Gasteiger partial charge in [-0.1, -0.05) is 49.5 Å². The quantitative estimate of drug-likeness (QED) is 0.723. The highest BCUT2D eigenvalue weighted by atomic mass is 79.9. The Bertz CT molecular complexity index is 602. The van der Waals surface area contributed by atoms with Crippen LogP contribution in [0.1, 0.15) is 5.56 Å². The number of nitrogens with zero attached hydrogens (tertiary/aromatic N) is 1. The van der Waals surface area contributed by atoms with Gasteiger partial charge in [-0.2, -0.15) is 0 Å². The monoisotopic (exact) mass is 402 g/mol. The van der Waals surface area contributed by atoms with Crippen LogP contribution in [0.4, 0.5) is 11.4 Å². The molecule has 0 bridgehead atoms. The summed E-state index contributed by atoms with van der Waals surface area (Å²) in [5.41, 5.74) is 8.82. The lowest BCUT2D eigenvalue weighted by Gasteiger charge is -2.22. The molecule has 2 rings (SSSR count). The Morgan fingerprint density at radius 3 is 2.37 bits per heavy atom. The largest absolute Gasteiger partial charge is 0.397 e. The smallest absolute Gasteiger partial charge is 0.0601 e. The first-order valence-corrected chi connectivity index (χ1v) is 7.64. The van der Waals surface area contributed by atoms with Crippen LogP contribution in [0, 0.1) is 0 Å². The Morgan fingerprint density at radius 1 is 1.11 bits per heavy atom. The molecule has 0 unspecified atom stereocenters. The van der Waals surface area contributed by atoms with E-state index in [1.54, 1.807) is 0 Å². The third kappa shape index (κ3) is 3.65. The zero-order valence-corrected chi connectivity index (χ0v) is 14.3. The van der Waals surface area contributed by atoms with Crippen LogP contribution in [0.2, 0.25) is 5.02 Å². The second-order valence-electron chi connectivity index (χ2n) is 4.29. The zero-order valence-electron chi connectivity index (χ0n) is 10.3. The summed E-state index contributed by atoms with van der Waals surface area (Å²) in [5.74, 6) is 0. The van der Waals surface area contributed by atoms with E-state index in [2.05, 4.69) is 36.8 Å². The number of anilines is 2. The molecular formula is C14H13Br2ClN2. The van der Waals surface area contributed by atoms with E-state index in [1.807, 2.05) is 43.4 Å². The van der Waals surface area contributed by atoms with E-state index in [-0.39, 0.29) is 0 Å². The van der Waals surface area contributed by atoms with Gasteiger partial charge >= 0.3 is 0 Å². The van der Waals surface area contributed by atoms with Crippen molar-refractivity contribution in [3.8, 4) is 0 Å². The van der Waals surface area contributed by atoms with Crippen molar-refractivity contribution in [3.63, 3.8) is 0 Å². The van der Waals surface area contributed by atoms with Gasteiger partial charge in [0.15, 0.2) is 0 Å². The minimum atomic E-state index is 0.706. The number of halogens is 3. The first-order chi connectivity index (χ1) is 8.97. The standard InChI is InChI=1S/C14H13Br2ClN2/c1-19(14-5-4-11(16)7-13(14)18)8-9-2-3-10(15)6-12(9)17/h2-7H,8,18H2,1H3. The van der Waals surface area contributed by atoms with Gasteiger partial charge in [-0.05, 0) is 35.9 Å². The summed E-state index contributed by atoms with van der Waals surface area (Å²) in [7, 11) is 2.00. The maximum Gasteiger partial charge on any atom is 0.0601 e. The number of hydrogen-bond donors (Lipinski definition) is 1. The van der Waals surface area contributed by atoms with Gasteiger partial charge in [-0.15, -0.1) is 0 Å². The van der Waals surface area contributed by atoms with Crippen molar-refractivity contribution in [1.82, 2.24) is 0 Å². The second kappa shape index (κ2) is 6.16.